The third-order valence-corrected chi connectivity index (χ3v) is 5.53. The van der Waals surface area contributed by atoms with Crippen molar-refractivity contribution in [2.45, 2.75) is 19.3 Å². The van der Waals surface area contributed by atoms with E-state index in [4.69, 9.17) is 14.2 Å². The van der Waals surface area contributed by atoms with E-state index in [0.29, 0.717) is 40.4 Å². The van der Waals surface area contributed by atoms with E-state index in [0.717, 1.165) is 11.1 Å². The largest absolute Gasteiger partial charge is 0.493 e. The summed E-state index contributed by atoms with van der Waals surface area (Å²) < 4.78 is 19.6. The number of methoxy groups -OCH3 is 3. The summed E-state index contributed by atoms with van der Waals surface area (Å²) in [5.41, 5.74) is 2.35. The molecule has 1 N–H and O–H groups in total. The highest BCUT2D eigenvalue weighted by Gasteiger charge is 2.32. The molecule has 0 unspecified atom stereocenters. The van der Waals surface area contributed by atoms with Crippen molar-refractivity contribution in [3.05, 3.63) is 47.4 Å². The highest BCUT2D eigenvalue weighted by molar-refractivity contribution is 5.94. The molecule has 0 fully saturated rings. The van der Waals surface area contributed by atoms with Crippen molar-refractivity contribution >= 4 is 17.4 Å². The number of nitrogens with one attached hydrogen (secondary N) is 1. The fourth-order valence-electron chi connectivity index (χ4n) is 3.99. The Balaban J connectivity index is 1.63. The number of ether oxygens (including phenoxy) is 3. The van der Waals surface area contributed by atoms with Crippen LogP contribution in [0.1, 0.15) is 29.3 Å². The zero-order valence-corrected chi connectivity index (χ0v) is 18.0. The maximum atomic E-state index is 12.7. The van der Waals surface area contributed by atoms with Crippen LogP contribution < -0.4 is 19.5 Å². The monoisotopic (exact) mass is 435 g/mol. The van der Waals surface area contributed by atoms with Gasteiger partial charge in [0.05, 0.1) is 27.5 Å². The third kappa shape index (κ3) is 3.01. The van der Waals surface area contributed by atoms with Crippen LogP contribution in [0.4, 0.5) is 5.82 Å². The molecule has 5 rings (SSSR count). The number of hydrogen-bond acceptors (Lipinski definition) is 8. The second-order valence-electron chi connectivity index (χ2n) is 7.33. The summed E-state index contributed by atoms with van der Waals surface area (Å²) in [6, 6.07) is 7.30. The Kier molecular flexibility index (Phi) is 4.65. The number of nitrogens with zero attached hydrogens (tertiary/aromatic N) is 6. The van der Waals surface area contributed by atoms with Crippen molar-refractivity contribution in [3.8, 4) is 23.1 Å². The van der Waals surface area contributed by atoms with Gasteiger partial charge in [-0.05, 0) is 36.8 Å². The summed E-state index contributed by atoms with van der Waals surface area (Å²) in [6.07, 6.45) is 2.00. The minimum absolute atomic E-state index is 0.125. The van der Waals surface area contributed by atoms with E-state index in [1.807, 2.05) is 19.1 Å². The Morgan fingerprint density at radius 2 is 1.81 bits per heavy atom. The number of hydrogen-bond donors (Lipinski definition) is 1. The molecule has 11 nitrogen and oxygen atoms in total. The number of benzene rings is 1. The molecule has 4 heterocycles. The number of fused-ring (bicyclic) bond motifs is 2. The van der Waals surface area contributed by atoms with Crippen LogP contribution in [-0.2, 0) is 4.79 Å². The zero-order chi connectivity index (χ0) is 22.4. The van der Waals surface area contributed by atoms with Crippen LogP contribution in [0.3, 0.4) is 0 Å². The number of carbonyl (C=O) groups is 1. The fourth-order valence-corrected chi connectivity index (χ4v) is 3.99. The van der Waals surface area contributed by atoms with E-state index in [1.165, 1.54) is 0 Å². The number of anilines is 1. The molecule has 0 saturated carbocycles. The molecular formula is C21H21N7O4. The second-order valence-corrected chi connectivity index (χ2v) is 7.33. The number of carbonyl (C=O) groups excluding carboxylic acids is 1. The molecule has 0 spiro atoms. The Morgan fingerprint density at radius 3 is 2.50 bits per heavy atom. The lowest BCUT2D eigenvalue weighted by Gasteiger charge is -2.25. The summed E-state index contributed by atoms with van der Waals surface area (Å²) in [4.78, 5) is 12.7. The lowest BCUT2D eigenvalue weighted by atomic mass is 9.87. The highest BCUT2D eigenvalue weighted by Crippen LogP contribution is 2.44. The lowest BCUT2D eigenvalue weighted by Crippen LogP contribution is -2.25. The van der Waals surface area contributed by atoms with Gasteiger partial charge in [0.15, 0.2) is 28.8 Å². The first-order valence-corrected chi connectivity index (χ1v) is 9.91. The standard InChI is InChI=1S/C21H21N7O4/c1-11-24-25-17-5-6-18(26-27(11)17)28-21-14(10-22-28)13(9-19(29)23-21)12-7-15(30-2)20(32-4)16(8-12)31-3/h5-8,10,13H,9H2,1-4H3,(H,23,29)/t13-/m0/s1. The molecule has 1 atom stereocenters. The molecule has 164 valence electrons. The first kappa shape index (κ1) is 19.8. The van der Waals surface area contributed by atoms with Gasteiger partial charge < -0.3 is 19.5 Å². The average molecular weight is 435 g/mol. The smallest absolute Gasteiger partial charge is 0.226 e. The topological polar surface area (TPSA) is 118 Å². The van der Waals surface area contributed by atoms with Gasteiger partial charge in [-0.1, -0.05) is 0 Å². The van der Waals surface area contributed by atoms with Crippen LogP contribution >= 0.6 is 0 Å². The Hall–Kier alpha value is -4.15. The van der Waals surface area contributed by atoms with Gasteiger partial charge in [-0.2, -0.15) is 14.3 Å². The van der Waals surface area contributed by atoms with Crippen LogP contribution in [0.5, 0.6) is 17.2 Å². The zero-order valence-electron chi connectivity index (χ0n) is 18.0. The predicted octanol–water partition coefficient (Wildman–Crippen LogP) is 2.12. The molecule has 1 aliphatic heterocycles. The van der Waals surface area contributed by atoms with Gasteiger partial charge >= 0.3 is 0 Å². The Labute approximate surface area is 182 Å². The fraction of sp³-hybridized carbons (Fsp3) is 0.286. The predicted molar refractivity (Wildman–Crippen MR) is 114 cm³/mol. The van der Waals surface area contributed by atoms with Crippen molar-refractivity contribution in [1.29, 1.82) is 0 Å². The van der Waals surface area contributed by atoms with Crippen molar-refractivity contribution in [3.63, 3.8) is 0 Å². The number of rotatable bonds is 5. The molecule has 0 radical (unpaired) electrons. The second kappa shape index (κ2) is 7.52. The van der Waals surface area contributed by atoms with Gasteiger partial charge in [0.25, 0.3) is 0 Å². The van der Waals surface area contributed by atoms with Crippen LogP contribution in [0.25, 0.3) is 11.5 Å². The Morgan fingerprint density at radius 1 is 1.06 bits per heavy atom. The van der Waals surface area contributed by atoms with Crippen molar-refractivity contribution < 1.29 is 19.0 Å². The Bertz CT molecular complexity index is 1320. The van der Waals surface area contributed by atoms with Crippen LogP contribution in [0.2, 0.25) is 0 Å². The minimum atomic E-state index is -0.249. The van der Waals surface area contributed by atoms with Crippen molar-refractivity contribution in [2.24, 2.45) is 0 Å². The van der Waals surface area contributed by atoms with Gasteiger partial charge in [-0.25, -0.2) is 0 Å². The molecule has 0 saturated heterocycles. The van der Waals surface area contributed by atoms with E-state index >= 15 is 0 Å². The van der Waals surface area contributed by atoms with Crippen LogP contribution in [-0.4, -0.2) is 56.8 Å². The minimum Gasteiger partial charge on any atom is -0.493 e. The van der Waals surface area contributed by atoms with E-state index in [2.05, 4.69) is 25.7 Å². The highest BCUT2D eigenvalue weighted by atomic mass is 16.5. The summed E-state index contributed by atoms with van der Waals surface area (Å²) in [5.74, 6) is 2.93. The summed E-state index contributed by atoms with van der Waals surface area (Å²) >= 11 is 0. The molecule has 0 aliphatic carbocycles. The van der Waals surface area contributed by atoms with Gasteiger partial charge in [-0.3, -0.25) is 4.79 Å². The molecule has 32 heavy (non-hydrogen) atoms. The van der Waals surface area contributed by atoms with Gasteiger partial charge in [0, 0.05) is 17.9 Å². The van der Waals surface area contributed by atoms with E-state index < -0.39 is 0 Å². The third-order valence-electron chi connectivity index (χ3n) is 5.53. The first-order valence-electron chi connectivity index (χ1n) is 9.91. The molecule has 4 aromatic rings. The number of amides is 1. The number of aryl methyl sites for hydroxylation is 1. The SMILES string of the molecule is COc1cc([C@@H]2CC(=O)Nc3c2cnn3-c2ccc3nnc(C)n3n2)cc(OC)c1OC. The van der Waals surface area contributed by atoms with E-state index in [-0.39, 0.29) is 18.2 Å². The average Bonchev–Trinajstić information content (AvgIpc) is 3.40. The maximum absolute atomic E-state index is 12.7. The quantitative estimate of drug-likeness (QED) is 0.507. The first-order chi connectivity index (χ1) is 15.5. The van der Waals surface area contributed by atoms with E-state index in [1.54, 1.807) is 48.9 Å². The molecule has 3 aromatic heterocycles. The van der Waals surface area contributed by atoms with Crippen LogP contribution in [0.15, 0.2) is 30.5 Å². The van der Waals surface area contributed by atoms with Gasteiger partial charge in [-0.15, -0.1) is 15.3 Å². The molecule has 1 amide bonds. The molecule has 11 heteroatoms. The molecule has 1 aromatic carbocycles. The van der Waals surface area contributed by atoms with Crippen molar-refractivity contribution in [1.82, 2.24) is 29.6 Å². The van der Waals surface area contributed by atoms with E-state index in [9.17, 15) is 4.79 Å². The van der Waals surface area contributed by atoms with Crippen molar-refractivity contribution in [2.75, 3.05) is 26.6 Å². The van der Waals surface area contributed by atoms with Gasteiger partial charge in [0.2, 0.25) is 11.7 Å². The summed E-state index contributed by atoms with van der Waals surface area (Å²) in [7, 11) is 4.68. The molecule has 1 aliphatic rings. The van der Waals surface area contributed by atoms with Gasteiger partial charge in [0.1, 0.15) is 5.82 Å². The lowest BCUT2D eigenvalue weighted by molar-refractivity contribution is -0.116. The summed E-state index contributed by atoms with van der Waals surface area (Å²) in [5, 5.41) is 20.1. The normalized spacial score (nSPS) is 15.4. The number of aromatic nitrogens is 6. The summed E-state index contributed by atoms with van der Waals surface area (Å²) in [6.45, 7) is 1.82. The van der Waals surface area contributed by atoms with Crippen LogP contribution in [0, 0.1) is 6.92 Å². The molecular weight excluding hydrogens is 414 g/mol. The molecule has 0 bridgehead atoms. The maximum Gasteiger partial charge on any atom is 0.226 e.